The molecular weight excluding hydrogens is 161 g/mol. The van der Waals surface area contributed by atoms with Crippen molar-refractivity contribution in [1.82, 2.24) is 0 Å². The van der Waals surface area contributed by atoms with Crippen molar-refractivity contribution < 1.29 is 4.39 Å². The molecule has 1 aromatic carbocycles. The zero-order valence-corrected chi connectivity index (χ0v) is 7.16. The van der Waals surface area contributed by atoms with Crippen LogP contribution in [0.1, 0.15) is 12.5 Å². The number of hydrogen-bond donors (Lipinski definition) is 2. The van der Waals surface area contributed by atoms with Gasteiger partial charge in [-0.15, -0.1) is 12.6 Å². The zero-order valence-electron chi connectivity index (χ0n) is 6.26. The maximum absolute atomic E-state index is 13.1. The Hall–Kier alpha value is -0.700. The molecule has 0 spiro atoms. The second-order valence-corrected chi connectivity index (χ2v) is 2.80. The first-order valence-electron chi connectivity index (χ1n) is 3.42. The SMILES string of the molecule is CCc1c(S)ccc(N)c1F. The Morgan fingerprint density at radius 2 is 2.18 bits per heavy atom. The van der Waals surface area contributed by atoms with Gasteiger partial charge in [0.25, 0.3) is 0 Å². The number of nitrogen functional groups attached to an aromatic ring is 1. The minimum Gasteiger partial charge on any atom is -0.396 e. The number of nitrogens with two attached hydrogens (primary N) is 1. The molecule has 0 saturated heterocycles. The maximum Gasteiger partial charge on any atom is 0.150 e. The van der Waals surface area contributed by atoms with Crippen LogP contribution in [0.5, 0.6) is 0 Å². The molecule has 0 atom stereocenters. The third-order valence-electron chi connectivity index (χ3n) is 1.60. The fourth-order valence-electron chi connectivity index (χ4n) is 0.965. The van der Waals surface area contributed by atoms with Gasteiger partial charge in [0.1, 0.15) is 5.82 Å². The summed E-state index contributed by atoms with van der Waals surface area (Å²) in [5.41, 5.74) is 6.14. The van der Waals surface area contributed by atoms with Gasteiger partial charge in [0.05, 0.1) is 5.69 Å². The van der Waals surface area contributed by atoms with Gasteiger partial charge in [0, 0.05) is 10.5 Å². The van der Waals surface area contributed by atoms with E-state index >= 15 is 0 Å². The van der Waals surface area contributed by atoms with Crippen molar-refractivity contribution in [2.45, 2.75) is 18.2 Å². The van der Waals surface area contributed by atoms with Crippen molar-refractivity contribution in [2.75, 3.05) is 5.73 Å². The lowest BCUT2D eigenvalue weighted by Gasteiger charge is -2.04. The second kappa shape index (κ2) is 3.13. The molecule has 0 saturated carbocycles. The predicted molar refractivity (Wildman–Crippen MR) is 47.4 cm³/mol. The largest absolute Gasteiger partial charge is 0.396 e. The average molecular weight is 171 g/mol. The van der Waals surface area contributed by atoms with Gasteiger partial charge in [-0.1, -0.05) is 6.92 Å². The molecule has 3 heteroatoms. The molecule has 2 N–H and O–H groups in total. The topological polar surface area (TPSA) is 26.0 Å². The highest BCUT2D eigenvalue weighted by Gasteiger charge is 2.06. The molecule has 1 rings (SSSR count). The first-order valence-corrected chi connectivity index (χ1v) is 3.87. The Morgan fingerprint density at radius 3 is 2.64 bits per heavy atom. The lowest BCUT2D eigenvalue weighted by atomic mass is 10.1. The van der Waals surface area contributed by atoms with E-state index in [4.69, 9.17) is 5.73 Å². The molecule has 0 aliphatic rings. The van der Waals surface area contributed by atoms with Crippen LogP contribution in [0.2, 0.25) is 0 Å². The van der Waals surface area contributed by atoms with E-state index < -0.39 is 0 Å². The number of anilines is 1. The van der Waals surface area contributed by atoms with E-state index in [-0.39, 0.29) is 11.5 Å². The smallest absolute Gasteiger partial charge is 0.150 e. The number of halogens is 1. The summed E-state index contributed by atoms with van der Waals surface area (Å²) in [6, 6.07) is 3.23. The van der Waals surface area contributed by atoms with E-state index in [2.05, 4.69) is 12.6 Å². The molecule has 1 nitrogen and oxygen atoms in total. The summed E-state index contributed by atoms with van der Waals surface area (Å²) in [5.74, 6) is -0.333. The monoisotopic (exact) mass is 171 g/mol. The van der Waals surface area contributed by atoms with Crippen molar-refractivity contribution in [3.63, 3.8) is 0 Å². The average Bonchev–Trinajstić information content (AvgIpc) is 1.99. The molecule has 11 heavy (non-hydrogen) atoms. The molecule has 1 aromatic rings. The number of hydrogen-bond acceptors (Lipinski definition) is 2. The minimum atomic E-state index is -0.333. The van der Waals surface area contributed by atoms with Crippen LogP contribution in [-0.4, -0.2) is 0 Å². The van der Waals surface area contributed by atoms with Gasteiger partial charge in [-0.3, -0.25) is 0 Å². The Bertz CT molecular complexity index is 273. The molecule has 0 heterocycles. The van der Waals surface area contributed by atoms with Crippen LogP contribution in [0.15, 0.2) is 17.0 Å². The minimum absolute atomic E-state index is 0.194. The van der Waals surface area contributed by atoms with Crippen LogP contribution in [0.4, 0.5) is 10.1 Å². The van der Waals surface area contributed by atoms with Crippen LogP contribution in [0, 0.1) is 5.82 Å². The molecule has 0 aromatic heterocycles. The van der Waals surface area contributed by atoms with Crippen LogP contribution >= 0.6 is 12.6 Å². The third kappa shape index (κ3) is 1.48. The molecule has 0 aliphatic heterocycles. The number of rotatable bonds is 1. The molecule has 0 radical (unpaired) electrons. The van der Waals surface area contributed by atoms with Gasteiger partial charge in [-0.05, 0) is 18.6 Å². The van der Waals surface area contributed by atoms with E-state index in [1.165, 1.54) is 6.07 Å². The Balaban J connectivity index is 3.29. The summed E-state index contributed by atoms with van der Waals surface area (Å²) in [4.78, 5) is 0.666. The zero-order chi connectivity index (χ0) is 8.43. The van der Waals surface area contributed by atoms with Gasteiger partial charge >= 0.3 is 0 Å². The van der Waals surface area contributed by atoms with Gasteiger partial charge in [-0.25, -0.2) is 4.39 Å². The maximum atomic E-state index is 13.1. The number of benzene rings is 1. The molecular formula is C8H10FNS. The molecule has 0 bridgehead atoms. The molecule has 0 unspecified atom stereocenters. The summed E-state index contributed by atoms with van der Waals surface area (Å²) in [5, 5.41) is 0. The van der Waals surface area contributed by atoms with E-state index in [1.54, 1.807) is 6.07 Å². The molecule has 60 valence electrons. The lowest BCUT2D eigenvalue weighted by Crippen LogP contribution is -1.96. The molecule has 0 aliphatic carbocycles. The first-order chi connectivity index (χ1) is 5.16. The van der Waals surface area contributed by atoms with Crippen molar-refractivity contribution in [3.8, 4) is 0 Å². The quantitative estimate of drug-likeness (QED) is 0.492. The second-order valence-electron chi connectivity index (χ2n) is 2.32. The normalized spacial score (nSPS) is 10.1. The fourth-order valence-corrected chi connectivity index (χ4v) is 1.30. The third-order valence-corrected chi connectivity index (χ3v) is 2.02. The highest BCUT2D eigenvalue weighted by atomic mass is 32.1. The fraction of sp³-hybridized carbons (Fsp3) is 0.250. The summed E-state index contributed by atoms with van der Waals surface area (Å²) in [6.07, 6.45) is 0.621. The van der Waals surface area contributed by atoms with Gasteiger partial charge in [0.2, 0.25) is 0 Å². The summed E-state index contributed by atoms with van der Waals surface area (Å²) in [7, 11) is 0. The summed E-state index contributed by atoms with van der Waals surface area (Å²) < 4.78 is 13.1. The van der Waals surface area contributed by atoms with Crippen LogP contribution in [0.25, 0.3) is 0 Å². The van der Waals surface area contributed by atoms with Gasteiger partial charge < -0.3 is 5.73 Å². The first kappa shape index (κ1) is 8.40. The highest BCUT2D eigenvalue weighted by Crippen LogP contribution is 2.22. The Kier molecular flexibility index (Phi) is 2.39. The van der Waals surface area contributed by atoms with Crippen molar-refractivity contribution in [3.05, 3.63) is 23.5 Å². The van der Waals surface area contributed by atoms with Crippen molar-refractivity contribution >= 4 is 18.3 Å². The van der Waals surface area contributed by atoms with Gasteiger partial charge in [-0.2, -0.15) is 0 Å². The van der Waals surface area contributed by atoms with Crippen LogP contribution < -0.4 is 5.73 Å². The highest BCUT2D eigenvalue weighted by molar-refractivity contribution is 7.80. The molecule has 0 fully saturated rings. The van der Waals surface area contributed by atoms with Crippen molar-refractivity contribution in [2.24, 2.45) is 0 Å². The lowest BCUT2D eigenvalue weighted by molar-refractivity contribution is 0.611. The summed E-state index contributed by atoms with van der Waals surface area (Å²) >= 11 is 4.10. The Morgan fingerprint density at radius 1 is 1.55 bits per heavy atom. The predicted octanol–water partition coefficient (Wildman–Crippen LogP) is 2.26. The summed E-state index contributed by atoms with van der Waals surface area (Å²) in [6.45, 7) is 1.87. The van der Waals surface area contributed by atoms with E-state index in [1.807, 2.05) is 6.92 Å². The van der Waals surface area contributed by atoms with Crippen molar-refractivity contribution in [1.29, 1.82) is 0 Å². The Labute approximate surface area is 70.8 Å². The number of thiol groups is 1. The standard InChI is InChI=1S/C8H10FNS/c1-2-5-7(11)4-3-6(10)8(5)9/h3-4,11H,2,10H2,1H3. The molecule has 0 amide bonds. The van der Waals surface area contributed by atoms with E-state index in [9.17, 15) is 4.39 Å². The van der Waals surface area contributed by atoms with Crippen LogP contribution in [0.3, 0.4) is 0 Å². The van der Waals surface area contributed by atoms with E-state index in [0.717, 1.165) is 0 Å². The van der Waals surface area contributed by atoms with E-state index in [0.29, 0.717) is 16.9 Å². The van der Waals surface area contributed by atoms with Crippen LogP contribution in [-0.2, 0) is 6.42 Å². The van der Waals surface area contributed by atoms with Gasteiger partial charge in [0.15, 0.2) is 0 Å².